The summed E-state index contributed by atoms with van der Waals surface area (Å²) in [6.07, 6.45) is 0.0426. The number of benzene rings is 1. The molecule has 0 aliphatic carbocycles. The van der Waals surface area contributed by atoms with Crippen LogP contribution in [0.4, 0.5) is 0 Å². The van der Waals surface area contributed by atoms with Crippen molar-refractivity contribution in [2.45, 2.75) is 64.2 Å². The summed E-state index contributed by atoms with van der Waals surface area (Å²) in [5.74, 6) is -4.60. The fourth-order valence-electron chi connectivity index (χ4n) is 2.93. The Hall–Kier alpha value is -3.67. The largest absolute Gasteiger partial charge is 0.508 e. The molecular weight excluding hydrogens is 446 g/mol. The average molecular weight is 480 g/mol. The van der Waals surface area contributed by atoms with Gasteiger partial charge >= 0.3 is 5.97 Å². The summed E-state index contributed by atoms with van der Waals surface area (Å²) in [6, 6.07) is 1.05. The van der Waals surface area contributed by atoms with Crippen LogP contribution in [0.1, 0.15) is 39.2 Å². The lowest BCUT2D eigenvalue weighted by molar-refractivity contribution is -0.142. The fourth-order valence-corrected chi connectivity index (χ4v) is 2.93. The van der Waals surface area contributed by atoms with E-state index >= 15 is 0 Å². The molecule has 9 N–H and O–H groups in total. The number of phenolic OH excluding ortho intramolecular Hbond substituents is 1. The van der Waals surface area contributed by atoms with E-state index in [2.05, 4.69) is 16.0 Å². The molecule has 0 saturated heterocycles. The molecule has 188 valence electrons. The van der Waals surface area contributed by atoms with E-state index in [-0.39, 0.29) is 18.1 Å². The Morgan fingerprint density at radius 1 is 0.912 bits per heavy atom. The van der Waals surface area contributed by atoms with E-state index in [9.17, 15) is 34.2 Å². The van der Waals surface area contributed by atoms with Gasteiger partial charge in [-0.3, -0.25) is 19.2 Å². The van der Waals surface area contributed by atoms with E-state index in [0.717, 1.165) is 0 Å². The van der Waals surface area contributed by atoms with Crippen molar-refractivity contribution < 1.29 is 34.2 Å². The second kappa shape index (κ2) is 13.1. The number of carboxylic acid groups (broad SMARTS) is 1. The molecule has 12 nitrogen and oxygen atoms in total. The predicted molar refractivity (Wildman–Crippen MR) is 122 cm³/mol. The van der Waals surface area contributed by atoms with Gasteiger partial charge in [-0.25, -0.2) is 4.79 Å². The van der Waals surface area contributed by atoms with Gasteiger partial charge in [-0.2, -0.15) is 0 Å². The van der Waals surface area contributed by atoms with Gasteiger partial charge in [0.2, 0.25) is 23.6 Å². The third-order valence-corrected chi connectivity index (χ3v) is 5.34. The second-order valence-electron chi connectivity index (χ2n) is 8.14. The number of carboxylic acids is 1. The topological polar surface area (TPSA) is 214 Å². The third kappa shape index (κ3) is 9.06. The molecule has 5 atom stereocenters. The summed E-state index contributed by atoms with van der Waals surface area (Å²) in [6.45, 7) is 4.93. The summed E-state index contributed by atoms with van der Waals surface area (Å²) < 4.78 is 0. The Morgan fingerprint density at radius 2 is 1.47 bits per heavy atom. The molecule has 12 heteroatoms. The highest BCUT2D eigenvalue weighted by Crippen LogP contribution is 2.12. The minimum absolute atomic E-state index is 0.0127. The van der Waals surface area contributed by atoms with Gasteiger partial charge in [0.05, 0.1) is 12.5 Å². The smallest absolute Gasteiger partial charge is 0.326 e. The molecule has 0 aromatic heterocycles. The van der Waals surface area contributed by atoms with E-state index in [1.807, 2.05) is 6.92 Å². The molecule has 0 aliphatic rings. The summed E-state index contributed by atoms with van der Waals surface area (Å²) in [4.78, 5) is 60.5. The van der Waals surface area contributed by atoms with Crippen molar-refractivity contribution in [1.29, 1.82) is 0 Å². The molecule has 0 bridgehead atoms. The number of phenols is 1. The molecule has 0 fully saturated rings. The van der Waals surface area contributed by atoms with Crippen LogP contribution in [0.3, 0.4) is 0 Å². The monoisotopic (exact) mass is 479 g/mol. The van der Waals surface area contributed by atoms with Gasteiger partial charge in [-0.15, -0.1) is 0 Å². The summed E-state index contributed by atoms with van der Waals surface area (Å²) in [7, 11) is 0. The molecule has 5 unspecified atom stereocenters. The van der Waals surface area contributed by atoms with Crippen LogP contribution >= 0.6 is 0 Å². The highest BCUT2D eigenvalue weighted by atomic mass is 16.4. The maximum Gasteiger partial charge on any atom is 0.326 e. The van der Waals surface area contributed by atoms with Crippen LogP contribution in [-0.4, -0.2) is 64.0 Å². The quantitative estimate of drug-likeness (QED) is 0.181. The van der Waals surface area contributed by atoms with Gasteiger partial charge < -0.3 is 37.6 Å². The minimum atomic E-state index is -1.36. The molecule has 4 amide bonds. The number of amides is 4. The van der Waals surface area contributed by atoms with Gasteiger partial charge in [0, 0.05) is 6.42 Å². The highest BCUT2D eigenvalue weighted by Gasteiger charge is 2.30. The molecule has 0 radical (unpaired) electrons. The number of rotatable bonds is 13. The van der Waals surface area contributed by atoms with Gasteiger partial charge in [0.15, 0.2) is 0 Å². The van der Waals surface area contributed by atoms with E-state index in [1.54, 1.807) is 6.92 Å². The molecule has 34 heavy (non-hydrogen) atoms. The van der Waals surface area contributed by atoms with Gasteiger partial charge in [-0.1, -0.05) is 32.4 Å². The number of nitrogens with two attached hydrogens (primary N) is 2. The third-order valence-electron chi connectivity index (χ3n) is 5.34. The SMILES string of the molecule is CCC(C)C(N)C(=O)NC(CC(N)=O)C(=O)NC(C)C(=O)NC(Cc1ccc(O)cc1)C(=O)O. The molecular formula is C22H33N5O7. The maximum absolute atomic E-state index is 12.6. The normalized spacial score (nSPS) is 15.2. The Labute approximate surface area is 197 Å². The molecule has 0 spiro atoms. The van der Waals surface area contributed by atoms with Crippen molar-refractivity contribution in [3.05, 3.63) is 29.8 Å². The van der Waals surface area contributed by atoms with Crippen LogP contribution in [0.2, 0.25) is 0 Å². The molecule has 0 aliphatic heterocycles. The van der Waals surface area contributed by atoms with Crippen LogP contribution in [0, 0.1) is 5.92 Å². The van der Waals surface area contributed by atoms with Crippen molar-refractivity contribution in [3.8, 4) is 5.75 Å². The number of aliphatic carboxylic acids is 1. The molecule has 0 saturated carbocycles. The van der Waals surface area contributed by atoms with Crippen molar-refractivity contribution in [1.82, 2.24) is 16.0 Å². The van der Waals surface area contributed by atoms with Gasteiger partial charge in [0.25, 0.3) is 0 Å². The highest BCUT2D eigenvalue weighted by molar-refractivity contribution is 5.96. The summed E-state index contributed by atoms with van der Waals surface area (Å²) >= 11 is 0. The van der Waals surface area contributed by atoms with Crippen LogP contribution in [0.5, 0.6) is 5.75 Å². The first kappa shape index (κ1) is 28.4. The molecule has 0 heterocycles. The number of carbonyl (C=O) groups is 5. The van der Waals surface area contributed by atoms with Crippen molar-refractivity contribution in [2.75, 3.05) is 0 Å². The first-order valence-corrected chi connectivity index (χ1v) is 10.8. The van der Waals surface area contributed by atoms with E-state index in [1.165, 1.54) is 31.2 Å². The lowest BCUT2D eigenvalue weighted by Crippen LogP contribution is -2.57. The molecule has 1 rings (SSSR count). The van der Waals surface area contributed by atoms with E-state index < -0.39 is 60.2 Å². The number of aromatic hydroxyl groups is 1. The lowest BCUT2D eigenvalue weighted by Gasteiger charge is -2.24. The van der Waals surface area contributed by atoms with Crippen LogP contribution in [0.15, 0.2) is 24.3 Å². The first-order chi connectivity index (χ1) is 15.8. The van der Waals surface area contributed by atoms with Gasteiger partial charge in [0.1, 0.15) is 23.9 Å². The van der Waals surface area contributed by atoms with E-state index in [4.69, 9.17) is 11.5 Å². The maximum atomic E-state index is 12.6. The van der Waals surface area contributed by atoms with Crippen LogP contribution in [0.25, 0.3) is 0 Å². The molecule has 1 aromatic carbocycles. The Balaban J connectivity index is 2.82. The zero-order chi connectivity index (χ0) is 26.0. The van der Waals surface area contributed by atoms with Crippen molar-refractivity contribution in [3.63, 3.8) is 0 Å². The number of primary amides is 1. The Kier molecular flexibility index (Phi) is 11.0. The average Bonchev–Trinajstić information content (AvgIpc) is 2.77. The van der Waals surface area contributed by atoms with Crippen molar-refractivity contribution in [2.24, 2.45) is 17.4 Å². The zero-order valence-corrected chi connectivity index (χ0v) is 19.4. The summed E-state index contributed by atoms with van der Waals surface area (Å²) in [5.41, 5.74) is 11.6. The number of hydrogen-bond donors (Lipinski definition) is 7. The zero-order valence-electron chi connectivity index (χ0n) is 19.4. The first-order valence-electron chi connectivity index (χ1n) is 10.8. The van der Waals surface area contributed by atoms with Gasteiger partial charge in [-0.05, 0) is 30.5 Å². The number of hydrogen-bond acceptors (Lipinski definition) is 7. The van der Waals surface area contributed by atoms with E-state index in [0.29, 0.717) is 12.0 Å². The standard InChI is InChI=1S/C22H33N5O7/c1-4-11(2)18(24)21(32)26-15(10-17(23)29)20(31)25-12(3)19(30)27-16(22(33)34)9-13-5-7-14(28)8-6-13/h5-8,11-12,15-16,18,28H,4,9-10,24H2,1-3H3,(H2,23,29)(H,25,31)(H,26,32)(H,27,30)(H,33,34). The number of carbonyl (C=O) groups excluding carboxylic acids is 4. The fraction of sp³-hybridized carbons (Fsp3) is 0.500. The van der Waals surface area contributed by atoms with Crippen LogP contribution < -0.4 is 27.4 Å². The Morgan fingerprint density at radius 3 is 1.97 bits per heavy atom. The van der Waals surface area contributed by atoms with Crippen molar-refractivity contribution >= 4 is 29.6 Å². The second-order valence-corrected chi connectivity index (χ2v) is 8.14. The molecule has 1 aromatic rings. The minimum Gasteiger partial charge on any atom is -0.508 e. The lowest BCUT2D eigenvalue weighted by atomic mass is 9.99. The predicted octanol–water partition coefficient (Wildman–Crippen LogP) is -1.26. The van der Waals surface area contributed by atoms with Crippen LogP contribution in [-0.2, 0) is 30.4 Å². The Bertz CT molecular complexity index is 890. The number of nitrogens with one attached hydrogen (secondary N) is 3. The summed E-state index contributed by atoms with van der Waals surface area (Å²) in [5, 5.41) is 25.8.